The summed E-state index contributed by atoms with van der Waals surface area (Å²) in [7, 11) is 0. The molecule has 3 N–H and O–H groups in total. The summed E-state index contributed by atoms with van der Waals surface area (Å²) >= 11 is 3.22. The second-order valence-electron chi connectivity index (χ2n) is 1.63. The van der Waals surface area contributed by atoms with Gasteiger partial charge in [0.25, 0.3) is 0 Å². The largest absolute Gasteiger partial charge is 0.361 e. The second-order valence-corrected chi connectivity index (χ2v) is 2.94. The average Bonchev–Trinajstić information content (AvgIpc) is 1.65. The number of allylic oxidation sites excluding steroid dienone is 2. The average molecular weight is 175 g/mol. The predicted molar refractivity (Wildman–Crippen MR) is 37.3 cm³/mol. The molecular weight excluding hydrogens is 168 g/mol. The molecule has 0 spiro atoms. The van der Waals surface area contributed by atoms with E-state index in [1.54, 1.807) is 6.20 Å². The van der Waals surface area contributed by atoms with Gasteiger partial charge in [-0.1, -0.05) is 6.08 Å². The van der Waals surface area contributed by atoms with Gasteiger partial charge in [0.05, 0.1) is 0 Å². The molecule has 1 aliphatic heterocycles. The first-order chi connectivity index (χ1) is 3.71. The zero-order chi connectivity index (χ0) is 6.04. The van der Waals surface area contributed by atoms with Gasteiger partial charge in [0.15, 0.2) is 4.57 Å². The van der Waals surface area contributed by atoms with E-state index < -0.39 is 4.57 Å². The molecule has 1 atom stereocenters. The minimum absolute atomic E-state index is 0.526. The first-order valence-corrected chi connectivity index (χ1v) is 3.10. The standard InChI is InChI=1S/C5H7BrN2/c6-5(7)3-1-2-4-8-5/h1-4,8H,7H2. The fourth-order valence-corrected chi connectivity index (χ4v) is 0.760. The quantitative estimate of drug-likeness (QED) is 0.419. The molecule has 0 saturated carbocycles. The number of rotatable bonds is 0. The van der Waals surface area contributed by atoms with Crippen LogP contribution in [0.2, 0.25) is 0 Å². The van der Waals surface area contributed by atoms with Gasteiger partial charge in [-0.25, -0.2) is 0 Å². The second kappa shape index (κ2) is 1.91. The lowest BCUT2D eigenvalue weighted by Crippen LogP contribution is -2.43. The highest BCUT2D eigenvalue weighted by Gasteiger charge is 2.13. The lowest BCUT2D eigenvalue weighted by molar-refractivity contribution is 0.681. The maximum absolute atomic E-state index is 5.55. The van der Waals surface area contributed by atoms with E-state index in [2.05, 4.69) is 21.2 Å². The summed E-state index contributed by atoms with van der Waals surface area (Å²) in [5.41, 5.74) is 5.55. The monoisotopic (exact) mass is 174 g/mol. The number of nitrogens with one attached hydrogen (secondary N) is 1. The summed E-state index contributed by atoms with van der Waals surface area (Å²) < 4.78 is -0.526. The van der Waals surface area contributed by atoms with Gasteiger partial charge in [-0.05, 0) is 34.3 Å². The normalized spacial score (nSPS) is 34.8. The lowest BCUT2D eigenvalue weighted by atomic mass is 10.3. The number of dihydropyridines is 1. The number of hydrogen-bond donors (Lipinski definition) is 2. The molecule has 8 heavy (non-hydrogen) atoms. The SMILES string of the molecule is NC1(Br)C=CC=CN1. The van der Waals surface area contributed by atoms with Crippen molar-refractivity contribution in [2.24, 2.45) is 5.73 Å². The minimum atomic E-state index is -0.526. The molecule has 0 saturated heterocycles. The van der Waals surface area contributed by atoms with Crippen LogP contribution in [0.15, 0.2) is 24.4 Å². The van der Waals surface area contributed by atoms with E-state index in [9.17, 15) is 0 Å². The van der Waals surface area contributed by atoms with Crippen LogP contribution in [0.1, 0.15) is 0 Å². The van der Waals surface area contributed by atoms with Gasteiger partial charge in [0, 0.05) is 0 Å². The lowest BCUT2D eigenvalue weighted by Gasteiger charge is -2.19. The number of alkyl halides is 1. The van der Waals surface area contributed by atoms with Gasteiger partial charge in [-0.3, -0.25) is 5.73 Å². The van der Waals surface area contributed by atoms with Crippen molar-refractivity contribution >= 4 is 15.9 Å². The van der Waals surface area contributed by atoms with Crippen LogP contribution >= 0.6 is 15.9 Å². The molecule has 2 nitrogen and oxygen atoms in total. The van der Waals surface area contributed by atoms with Crippen molar-refractivity contribution in [1.82, 2.24) is 5.32 Å². The van der Waals surface area contributed by atoms with E-state index in [1.807, 2.05) is 18.2 Å². The molecule has 0 amide bonds. The van der Waals surface area contributed by atoms with Crippen molar-refractivity contribution in [3.05, 3.63) is 24.4 Å². The van der Waals surface area contributed by atoms with Crippen LogP contribution in [0.3, 0.4) is 0 Å². The third kappa shape index (κ3) is 1.35. The summed E-state index contributed by atoms with van der Waals surface area (Å²) in [6, 6.07) is 0. The van der Waals surface area contributed by atoms with Crippen molar-refractivity contribution in [2.75, 3.05) is 0 Å². The Kier molecular flexibility index (Phi) is 1.40. The van der Waals surface area contributed by atoms with Crippen molar-refractivity contribution in [3.8, 4) is 0 Å². The smallest absolute Gasteiger partial charge is 0.162 e. The number of nitrogens with two attached hydrogens (primary N) is 1. The van der Waals surface area contributed by atoms with E-state index in [1.165, 1.54) is 0 Å². The first kappa shape index (κ1) is 5.85. The van der Waals surface area contributed by atoms with Crippen molar-refractivity contribution < 1.29 is 0 Å². The van der Waals surface area contributed by atoms with Crippen LogP contribution in [0, 0.1) is 0 Å². The van der Waals surface area contributed by atoms with E-state index in [0.717, 1.165) is 0 Å². The number of hydrogen-bond acceptors (Lipinski definition) is 2. The van der Waals surface area contributed by atoms with E-state index in [-0.39, 0.29) is 0 Å². The Hall–Kier alpha value is -0.280. The highest BCUT2D eigenvalue weighted by atomic mass is 79.9. The Bertz CT molecular complexity index is 137. The molecule has 1 unspecified atom stereocenters. The van der Waals surface area contributed by atoms with E-state index in [4.69, 9.17) is 5.73 Å². The predicted octanol–water partition coefficient (Wildman–Crippen LogP) is 0.667. The molecule has 0 aromatic heterocycles. The summed E-state index contributed by atoms with van der Waals surface area (Å²) in [5, 5.41) is 2.89. The molecule has 3 heteroatoms. The molecule has 0 aromatic carbocycles. The number of halogens is 1. The Morgan fingerprint density at radius 3 is 2.50 bits per heavy atom. The third-order valence-corrected chi connectivity index (χ3v) is 1.34. The van der Waals surface area contributed by atoms with Crippen LogP contribution in [-0.2, 0) is 0 Å². The maximum atomic E-state index is 5.55. The van der Waals surface area contributed by atoms with Crippen LogP contribution in [0.4, 0.5) is 0 Å². The Labute approximate surface area is 56.6 Å². The van der Waals surface area contributed by atoms with Gasteiger partial charge in [-0.15, -0.1) is 0 Å². The van der Waals surface area contributed by atoms with Gasteiger partial charge < -0.3 is 5.32 Å². The minimum Gasteiger partial charge on any atom is -0.361 e. The van der Waals surface area contributed by atoms with Crippen LogP contribution in [-0.4, -0.2) is 4.57 Å². The Balaban J connectivity index is 2.65. The highest BCUT2D eigenvalue weighted by molar-refractivity contribution is 9.10. The zero-order valence-electron chi connectivity index (χ0n) is 4.26. The van der Waals surface area contributed by atoms with Crippen LogP contribution < -0.4 is 11.1 Å². The topological polar surface area (TPSA) is 38.0 Å². The molecule has 0 fully saturated rings. The molecule has 0 radical (unpaired) electrons. The zero-order valence-corrected chi connectivity index (χ0v) is 5.85. The molecule has 44 valence electrons. The van der Waals surface area contributed by atoms with Gasteiger partial charge >= 0.3 is 0 Å². The van der Waals surface area contributed by atoms with Gasteiger partial charge in [0.2, 0.25) is 0 Å². The van der Waals surface area contributed by atoms with Crippen LogP contribution in [0.25, 0.3) is 0 Å². The fourth-order valence-electron chi connectivity index (χ4n) is 0.475. The molecule has 1 heterocycles. The first-order valence-electron chi connectivity index (χ1n) is 2.31. The Morgan fingerprint density at radius 1 is 1.50 bits per heavy atom. The maximum Gasteiger partial charge on any atom is 0.162 e. The molecular formula is C5H7BrN2. The summed E-state index contributed by atoms with van der Waals surface area (Å²) in [4.78, 5) is 0. The van der Waals surface area contributed by atoms with Crippen molar-refractivity contribution in [3.63, 3.8) is 0 Å². The highest BCUT2D eigenvalue weighted by Crippen LogP contribution is 2.10. The summed E-state index contributed by atoms with van der Waals surface area (Å²) in [5.74, 6) is 0. The van der Waals surface area contributed by atoms with E-state index in [0.29, 0.717) is 0 Å². The van der Waals surface area contributed by atoms with Gasteiger partial charge in [-0.2, -0.15) is 0 Å². The van der Waals surface area contributed by atoms with Crippen LogP contribution in [0.5, 0.6) is 0 Å². The summed E-state index contributed by atoms with van der Waals surface area (Å²) in [6.07, 6.45) is 7.37. The molecule has 0 bridgehead atoms. The Morgan fingerprint density at radius 2 is 2.25 bits per heavy atom. The molecule has 1 rings (SSSR count). The van der Waals surface area contributed by atoms with E-state index >= 15 is 0 Å². The third-order valence-electron chi connectivity index (χ3n) is 0.851. The molecule has 0 aliphatic carbocycles. The van der Waals surface area contributed by atoms with Gasteiger partial charge in [0.1, 0.15) is 0 Å². The summed E-state index contributed by atoms with van der Waals surface area (Å²) in [6.45, 7) is 0. The molecule has 0 aromatic rings. The fraction of sp³-hybridized carbons (Fsp3) is 0.200. The molecule has 1 aliphatic rings. The van der Waals surface area contributed by atoms with Crippen molar-refractivity contribution in [1.29, 1.82) is 0 Å². The van der Waals surface area contributed by atoms with Crippen molar-refractivity contribution in [2.45, 2.75) is 4.57 Å².